The third-order valence-electron chi connectivity index (χ3n) is 8.01. The molecule has 1 aliphatic carbocycles. The van der Waals surface area contributed by atoms with Crippen LogP contribution in [0, 0.1) is 12.8 Å². The number of benzene rings is 2. The van der Waals surface area contributed by atoms with Crippen molar-refractivity contribution in [1.82, 2.24) is 15.1 Å². The van der Waals surface area contributed by atoms with Gasteiger partial charge in [-0.05, 0) is 80.5 Å². The van der Waals surface area contributed by atoms with Crippen LogP contribution < -0.4 is 15.5 Å². The molecule has 2 amide bonds. The molecule has 2 aromatic rings. The lowest BCUT2D eigenvalue weighted by Crippen LogP contribution is -2.48. The number of hydrogen-bond donors (Lipinski definition) is 3. The van der Waals surface area contributed by atoms with E-state index in [-0.39, 0.29) is 11.8 Å². The maximum absolute atomic E-state index is 13.4. The lowest BCUT2D eigenvalue weighted by atomic mass is 9.85. The molecule has 0 aromatic heterocycles. The van der Waals surface area contributed by atoms with Gasteiger partial charge in [-0.2, -0.15) is 0 Å². The van der Waals surface area contributed by atoms with Crippen molar-refractivity contribution in [3.05, 3.63) is 59.2 Å². The van der Waals surface area contributed by atoms with E-state index in [1.54, 1.807) is 7.05 Å². The molecule has 38 heavy (non-hydrogen) atoms. The van der Waals surface area contributed by atoms with Crippen molar-refractivity contribution < 1.29 is 14.7 Å². The van der Waals surface area contributed by atoms with E-state index >= 15 is 0 Å². The number of anilines is 2. The first-order chi connectivity index (χ1) is 18.2. The van der Waals surface area contributed by atoms with Crippen LogP contribution in [0.1, 0.15) is 49.3 Å². The number of nitrogens with one attached hydrogen (secondary N) is 2. The minimum Gasteiger partial charge on any atom is -0.465 e. The summed E-state index contributed by atoms with van der Waals surface area (Å²) in [6.45, 7) is 8.84. The van der Waals surface area contributed by atoms with E-state index in [0.29, 0.717) is 18.6 Å². The van der Waals surface area contributed by atoms with Gasteiger partial charge in [0.05, 0.1) is 0 Å². The van der Waals surface area contributed by atoms with E-state index in [0.717, 1.165) is 68.8 Å². The van der Waals surface area contributed by atoms with Crippen LogP contribution in [-0.4, -0.2) is 72.7 Å². The van der Waals surface area contributed by atoms with Gasteiger partial charge in [-0.15, -0.1) is 0 Å². The van der Waals surface area contributed by atoms with Crippen LogP contribution in [0.4, 0.5) is 16.2 Å². The smallest absolute Gasteiger partial charge is 0.407 e. The predicted molar refractivity (Wildman–Crippen MR) is 153 cm³/mol. The molecule has 4 rings (SSSR count). The molecular formula is C30H43N5O3. The molecule has 1 saturated heterocycles. The van der Waals surface area contributed by atoms with Crippen molar-refractivity contribution in [3.8, 4) is 0 Å². The zero-order valence-electron chi connectivity index (χ0n) is 23.2. The van der Waals surface area contributed by atoms with Crippen molar-refractivity contribution >= 4 is 23.4 Å². The second-order valence-electron chi connectivity index (χ2n) is 11.1. The number of rotatable bonds is 8. The van der Waals surface area contributed by atoms with Crippen molar-refractivity contribution in [2.24, 2.45) is 5.92 Å². The summed E-state index contributed by atoms with van der Waals surface area (Å²) in [4.78, 5) is 30.1. The van der Waals surface area contributed by atoms with Crippen molar-refractivity contribution in [2.45, 2.75) is 64.7 Å². The highest BCUT2D eigenvalue weighted by atomic mass is 16.4. The highest BCUT2D eigenvalue weighted by Gasteiger charge is 2.29. The van der Waals surface area contributed by atoms with Crippen LogP contribution in [-0.2, 0) is 17.9 Å². The maximum atomic E-state index is 13.4. The molecule has 0 unspecified atom stereocenters. The van der Waals surface area contributed by atoms with Crippen molar-refractivity contribution in [3.63, 3.8) is 0 Å². The fraction of sp³-hybridized carbons (Fsp3) is 0.533. The van der Waals surface area contributed by atoms with Crippen molar-refractivity contribution in [2.75, 3.05) is 43.9 Å². The molecular weight excluding hydrogens is 478 g/mol. The Bertz CT molecular complexity index is 1110. The molecule has 8 nitrogen and oxygen atoms in total. The van der Waals surface area contributed by atoms with Gasteiger partial charge in [0.1, 0.15) is 0 Å². The summed E-state index contributed by atoms with van der Waals surface area (Å²) in [5.74, 6) is 0.237. The largest absolute Gasteiger partial charge is 0.465 e. The summed E-state index contributed by atoms with van der Waals surface area (Å²) in [5, 5.41) is 16.2. The second kappa shape index (κ2) is 12.6. The Hall–Kier alpha value is -3.10. The number of carboxylic acid groups (broad SMARTS) is 1. The molecule has 1 heterocycles. The molecule has 0 radical (unpaired) electrons. The van der Waals surface area contributed by atoms with Gasteiger partial charge in [0.2, 0.25) is 5.91 Å². The molecule has 1 atom stereocenters. The van der Waals surface area contributed by atoms with Crippen LogP contribution in [0.15, 0.2) is 42.5 Å². The quantitative estimate of drug-likeness (QED) is 0.473. The number of nitrogens with zero attached hydrogens (tertiary/aromatic N) is 3. The third kappa shape index (κ3) is 7.26. The third-order valence-corrected chi connectivity index (χ3v) is 8.01. The molecule has 3 N–H and O–H groups in total. The Kier molecular flexibility index (Phi) is 9.28. The Morgan fingerprint density at radius 3 is 2.55 bits per heavy atom. The van der Waals surface area contributed by atoms with Crippen LogP contribution in [0.5, 0.6) is 0 Å². The molecule has 0 spiro atoms. The zero-order chi connectivity index (χ0) is 27.2. The first kappa shape index (κ1) is 27.9. The fourth-order valence-electron chi connectivity index (χ4n) is 5.69. The lowest BCUT2D eigenvalue weighted by molar-refractivity contribution is -0.123. The number of carbonyl (C=O) groups excluding carboxylic acids is 1. The number of aryl methyl sites for hydroxylation is 1. The topological polar surface area (TPSA) is 88.2 Å². The number of hydrogen-bond acceptors (Lipinski definition) is 5. The molecule has 206 valence electrons. The minimum absolute atomic E-state index is 0.0379. The van der Waals surface area contributed by atoms with Crippen LogP contribution in [0.2, 0.25) is 0 Å². The summed E-state index contributed by atoms with van der Waals surface area (Å²) >= 11 is 0. The molecule has 8 heteroatoms. The predicted octanol–water partition coefficient (Wildman–Crippen LogP) is 4.53. The molecule has 0 bridgehead atoms. The summed E-state index contributed by atoms with van der Waals surface area (Å²) in [6, 6.07) is 15.2. The molecule has 2 aromatic carbocycles. The van der Waals surface area contributed by atoms with E-state index in [1.165, 1.54) is 16.0 Å². The zero-order valence-corrected chi connectivity index (χ0v) is 23.2. The SMILES string of the molecule is Cc1cc(N(C)C(=O)[C@H]2CC[C@H](Nc3cccc(CN(C)C(=O)O)c3)CC2)ccc1CN1CCN[C@@H](C)C1. The van der Waals surface area contributed by atoms with Gasteiger partial charge in [0, 0.05) is 76.2 Å². The normalized spacial score (nSPS) is 22.1. The van der Waals surface area contributed by atoms with Crippen LogP contribution >= 0.6 is 0 Å². The van der Waals surface area contributed by atoms with E-state index in [2.05, 4.69) is 47.6 Å². The van der Waals surface area contributed by atoms with Gasteiger partial charge in [-0.25, -0.2) is 4.79 Å². The Labute approximate surface area is 227 Å². The Balaban J connectivity index is 1.28. The Morgan fingerprint density at radius 1 is 1.11 bits per heavy atom. The molecule has 2 aliphatic rings. The minimum atomic E-state index is -0.938. The van der Waals surface area contributed by atoms with Gasteiger partial charge in [-0.1, -0.05) is 18.2 Å². The summed E-state index contributed by atoms with van der Waals surface area (Å²) in [5.41, 5.74) is 5.48. The number of amides is 2. The Morgan fingerprint density at radius 2 is 1.87 bits per heavy atom. The fourth-order valence-corrected chi connectivity index (χ4v) is 5.69. The van der Waals surface area contributed by atoms with Gasteiger partial charge in [0.25, 0.3) is 0 Å². The first-order valence-corrected chi connectivity index (χ1v) is 13.8. The second-order valence-corrected chi connectivity index (χ2v) is 11.1. The number of carbonyl (C=O) groups is 2. The average Bonchev–Trinajstić information content (AvgIpc) is 2.89. The van der Waals surface area contributed by atoms with E-state index in [9.17, 15) is 9.59 Å². The highest BCUT2D eigenvalue weighted by molar-refractivity contribution is 5.94. The number of piperazine rings is 1. The summed E-state index contributed by atoms with van der Waals surface area (Å²) in [6.07, 6.45) is 2.66. The monoisotopic (exact) mass is 521 g/mol. The summed E-state index contributed by atoms with van der Waals surface area (Å²) < 4.78 is 0. The molecule has 1 aliphatic heterocycles. The molecule has 2 fully saturated rings. The van der Waals surface area contributed by atoms with Gasteiger partial charge >= 0.3 is 6.09 Å². The first-order valence-electron chi connectivity index (χ1n) is 13.8. The van der Waals surface area contributed by atoms with Gasteiger partial charge in [0.15, 0.2) is 0 Å². The van der Waals surface area contributed by atoms with E-state index < -0.39 is 6.09 Å². The van der Waals surface area contributed by atoms with Crippen LogP contribution in [0.25, 0.3) is 0 Å². The lowest BCUT2D eigenvalue weighted by Gasteiger charge is -2.33. The van der Waals surface area contributed by atoms with Gasteiger partial charge in [-0.3, -0.25) is 9.69 Å². The maximum Gasteiger partial charge on any atom is 0.407 e. The van der Waals surface area contributed by atoms with Crippen molar-refractivity contribution in [1.29, 1.82) is 0 Å². The summed E-state index contributed by atoms with van der Waals surface area (Å²) in [7, 11) is 3.47. The average molecular weight is 522 g/mol. The molecule has 1 saturated carbocycles. The van der Waals surface area contributed by atoms with E-state index in [1.807, 2.05) is 36.2 Å². The van der Waals surface area contributed by atoms with E-state index in [4.69, 9.17) is 5.11 Å². The highest BCUT2D eigenvalue weighted by Crippen LogP contribution is 2.30. The van der Waals surface area contributed by atoms with Crippen LogP contribution in [0.3, 0.4) is 0 Å². The van der Waals surface area contributed by atoms with Gasteiger partial charge < -0.3 is 25.5 Å². The standard InChI is InChI=1S/C30H43N5O3/c1-21-16-28(13-10-25(21)20-35-15-14-31-22(2)18-35)34(4)29(36)24-8-11-26(12-9-24)32-27-7-5-6-23(17-27)19-33(3)30(37)38/h5-7,10,13,16-17,22,24,26,31-32H,8-9,11-12,14-15,18-20H2,1-4H3,(H,37,38)/t22-,24-,26-/m0/s1.